The zero-order valence-corrected chi connectivity index (χ0v) is 19.4. The van der Waals surface area contributed by atoms with E-state index in [0.717, 1.165) is 12.5 Å². The molecule has 1 aliphatic rings. The lowest BCUT2D eigenvalue weighted by molar-refractivity contribution is 0.282. The molecule has 1 aliphatic carbocycles. The molecule has 154 valence electrons. The third-order valence-electron chi connectivity index (χ3n) is 4.86. The van der Waals surface area contributed by atoms with Crippen molar-refractivity contribution in [2.75, 3.05) is 19.8 Å². The predicted molar refractivity (Wildman–Crippen MR) is 120 cm³/mol. The van der Waals surface area contributed by atoms with Crippen LogP contribution in [0.15, 0.2) is 23.2 Å². The highest BCUT2D eigenvalue weighted by molar-refractivity contribution is 14.0. The molecular weight excluding hydrogens is 480 g/mol. The van der Waals surface area contributed by atoms with Crippen LogP contribution in [0, 0.1) is 17.7 Å². The number of halogens is 2. The molecule has 2 atom stereocenters. The minimum atomic E-state index is -3.18. The van der Waals surface area contributed by atoms with E-state index in [1.54, 1.807) is 7.05 Å². The number of aliphatic imine (C=N–C) groups is 1. The van der Waals surface area contributed by atoms with E-state index in [0.29, 0.717) is 29.5 Å². The Balaban J connectivity index is 0.00000364. The van der Waals surface area contributed by atoms with E-state index in [4.69, 9.17) is 0 Å². The number of benzene rings is 1. The first kappa shape index (κ1) is 24.1. The second-order valence-electron chi connectivity index (χ2n) is 7.43. The average Bonchev–Trinajstić information content (AvgIpc) is 2.56. The minimum absolute atomic E-state index is 0. The van der Waals surface area contributed by atoms with Crippen molar-refractivity contribution >= 4 is 39.8 Å². The minimum Gasteiger partial charge on any atom is -0.356 e. The molecule has 0 saturated heterocycles. The Kier molecular flexibility index (Phi) is 10.0. The summed E-state index contributed by atoms with van der Waals surface area (Å²) in [6.07, 6.45) is 6.23. The van der Waals surface area contributed by atoms with E-state index in [-0.39, 0.29) is 35.5 Å². The summed E-state index contributed by atoms with van der Waals surface area (Å²) in [6, 6.07) is 4.21. The fourth-order valence-electron chi connectivity index (χ4n) is 3.57. The summed E-state index contributed by atoms with van der Waals surface area (Å²) in [7, 11) is -1.49. The van der Waals surface area contributed by atoms with Crippen molar-refractivity contribution in [3.8, 4) is 0 Å². The van der Waals surface area contributed by atoms with Crippen molar-refractivity contribution < 1.29 is 12.8 Å². The van der Waals surface area contributed by atoms with E-state index in [1.165, 1.54) is 50.1 Å². The number of nitrogens with zero attached hydrogens (tertiary/aromatic N) is 1. The molecular formula is C19H31FIN3O2S. The smallest absolute Gasteiger partial charge is 0.191 e. The summed E-state index contributed by atoms with van der Waals surface area (Å²) < 4.78 is 36.8. The van der Waals surface area contributed by atoms with E-state index in [9.17, 15) is 12.8 Å². The fourth-order valence-corrected chi connectivity index (χ4v) is 4.41. The van der Waals surface area contributed by atoms with Crippen LogP contribution in [0.25, 0.3) is 0 Å². The van der Waals surface area contributed by atoms with E-state index >= 15 is 0 Å². The molecule has 0 spiro atoms. The average molecular weight is 511 g/mol. The number of sulfone groups is 1. The van der Waals surface area contributed by atoms with Crippen molar-refractivity contribution in [1.82, 2.24) is 10.6 Å². The van der Waals surface area contributed by atoms with Crippen LogP contribution in [-0.4, -0.2) is 34.2 Å². The quantitative estimate of drug-likeness (QED) is 0.349. The molecule has 0 heterocycles. The summed E-state index contributed by atoms with van der Waals surface area (Å²) in [5, 5.41) is 6.51. The van der Waals surface area contributed by atoms with Crippen LogP contribution in [0.3, 0.4) is 0 Å². The van der Waals surface area contributed by atoms with Gasteiger partial charge in [-0.3, -0.25) is 4.99 Å². The van der Waals surface area contributed by atoms with Crippen molar-refractivity contribution in [1.29, 1.82) is 0 Å². The van der Waals surface area contributed by atoms with Gasteiger partial charge in [-0.25, -0.2) is 12.8 Å². The first-order chi connectivity index (χ1) is 12.3. The number of nitrogens with one attached hydrogen (secondary N) is 2. The van der Waals surface area contributed by atoms with E-state index in [1.807, 2.05) is 0 Å². The summed E-state index contributed by atoms with van der Waals surface area (Å²) in [6.45, 7) is 3.49. The Bertz CT molecular complexity index is 740. The fraction of sp³-hybridized carbons (Fsp3) is 0.632. The van der Waals surface area contributed by atoms with Gasteiger partial charge in [-0.1, -0.05) is 25.8 Å². The molecule has 2 rings (SSSR count). The lowest BCUT2D eigenvalue weighted by atomic mass is 9.82. The van der Waals surface area contributed by atoms with Crippen LogP contribution in [0.4, 0.5) is 4.39 Å². The molecule has 1 aromatic carbocycles. The topological polar surface area (TPSA) is 70.6 Å². The summed E-state index contributed by atoms with van der Waals surface area (Å²) >= 11 is 0. The highest BCUT2D eigenvalue weighted by atomic mass is 127. The molecule has 27 heavy (non-hydrogen) atoms. The summed E-state index contributed by atoms with van der Waals surface area (Å²) in [5.41, 5.74) is 1.24. The zero-order chi connectivity index (χ0) is 19.2. The van der Waals surface area contributed by atoms with Gasteiger partial charge in [-0.05, 0) is 47.9 Å². The highest BCUT2D eigenvalue weighted by Gasteiger charge is 2.19. The number of rotatable bonds is 6. The molecule has 0 amide bonds. The Hall–Kier alpha value is -0.900. The largest absolute Gasteiger partial charge is 0.356 e. The van der Waals surface area contributed by atoms with Crippen molar-refractivity contribution in [3.05, 3.63) is 35.1 Å². The third kappa shape index (κ3) is 8.76. The lowest BCUT2D eigenvalue weighted by Crippen LogP contribution is -2.40. The Morgan fingerprint density at radius 1 is 1.26 bits per heavy atom. The van der Waals surface area contributed by atoms with Crippen LogP contribution < -0.4 is 10.6 Å². The van der Waals surface area contributed by atoms with Gasteiger partial charge < -0.3 is 10.6 Å². The molecule has 0 radical (unpaired) electrons. The van der Waals surface area contributed by atoms with Crippen LogP contribution >= 0.6 is 24.0 Å². The maximum absolute atomic E-state index is 13.6. The van der Waals surface area contributed by atoms with E-state index in [2.05, 4.69) is 22.5 Å². The van der Waals surface area contributed by atoms with Gasteiger partial charge in [0.2, 0.25) is 0 Å². The third-order valence-corrected chi connectivity index (χ3v) is 5.69. The normalized spacial score (nSPS) is 20.7. The zero-order valence-electron chi connectivity index (χ0n) is 16.3. The van der Waals surface area contributed by atoms with Gasteiger partial charge >= 0.3 is 0 Å². The lowest BCUT2D eigenvalue weighted by Gasteiger charge is -2.27. The first-order valence-corrected chi connectivity index (χ1v) is 11.2. The van der Waals surface area contributed by atoms with Gasteiger partial charge in [0.1, 0.15) is 5.82 Å². The van der Waals surface area contributed by atoms with Crippen molar-refractivity contribution in [2.45, 2.75) is 44.9 Å². The molecule has 1 saturated carbocycles. The maximum atomic E-state index is 13.6. The standard InChI is InChI=1S/C19H30FN3O2S.HI/c1-14-5-4-6-15(9-14)11-22-19(21-2)23-12-17-10-18(20)8-7-16(17)13-26(3,24)25;/h7-8,10,14-15H,4-6,9,11-13H2,1-3H3,(H2,21,22,23);1H. The first-order valence-electron chi connectivity index (χ1n) is 9.16. The molecule has 2 N–H and O–H groups in total. The van der Waals surface area contributed by atoms with Gasteiger partial charge in [-0.15, -0.1) is 24.0 Å². The Morgan fingerprint density at radius 2 is 2.00 bits per heavy atom. The van der Waals surface area contributed by atoms with Gasteiger partial charge in [0.25, 0.3) is 0 Å². The number of guanidine groups is 1. The van der Waals surface area contributed by atoms with Gasteiger partial charge in [0.05, 0.1) is 5.75 Å². The van der Waals surface area contributed by atoms with Crippen LogP contribution in [-0.2, 0) is 22.1 Å². The van der Waals surface area contributed by atoms with Crippen LogP contribution in [0.5, 0.6) is 0 Å². The van der Waals surface area contributed by atoms with Crippen LogP contribution in [0.1, 0.15) is 43.7 Å². The summed E-state index contributed by atoms with van der Waals surface area (Å²) in [5.74, 6) is 1.59. The molecule has 0 aromatic heterocycles. The van der Waals surface area contributed by atoms with Crippen LogP contribution in [0.2, 0.25) is 0 Å². The number of hydrogen-bond acceptors (Lipinski definition) is 3. The highest BCUT2D eigenvalue weighted by Crippen LogP contribution is 2.27. The molecule has 8 heteroatoms. The molecule has 0 bridgehead atoms. The van der Waals surface area contributed by atoms with Crippen molar-refractivity contribution in [3.63, 3.8) is 0 Å². The predicted octanol–water partition coefficient (Wildman–Crippen LogP) is 3.48. The molecule has 2 unspecified atom stereocenters. The van der Waals surface area contributed by atoms with Gasteiger partial charge in [-0.2, -0.15) is 0 Å². The molecule has 0 aliphatic heterocycles. The molecule has 5 nitrogen and oxygen atoms in total. The molecule has 1 fully saturated rings. The molecule has 1 aromatic rings. The second-order valence-corrected chi connectivity index (χ2v) is 9.57. The number of hydrogen-bond donors (Lipinski definition) is 2. The van der Waals surface area contributed by atoms with Gasteiger partial charge in [0, 0.05) is 26.4 Å². The van der Waals surface area contributed by atoms with E-state index < -0.39 is 9.84 Å². The van der Waals surface area contributed by atoms with Gasteiger partial charge in [0.15, 0.2) is 15.8 Å². The second kappa shape index (κ2) is 11.2. The SMILES string of the molecule is CN=C(NCc1cc(F)ccc1CS(C)(=O)=O)NCC1CCCC(C)C1.I. The maximum Gasteiger partial charge on any atom is 0.191 e. The Labute approximate surface area is 179 Å². The summed E-state index contributed by atoms with van der Waals surface area (Å²) in [4.78, 5) is 4.22. The monoisotopic (exact) mass is 511 g/mol. The van der Waals surface area contributed by atoms with Crippen molar-refractivity contribution in [2.24, 2.45) is 16.8 Å². The Morgan fingerprint density at radius 3 is 2.63 bits per heavy atom.